The average molecular weight is 381 g/mol. The summed E-state index contributed by atoms with van der Waals surface area (Å²) >= 11 is 0. The summed E-state index contributed by atoms with van der Waals surface area (Å²) < 4.78 is 0. The van der Waals surface area contributed by atoms with Crippen LogP contribution in [0.4, 0.5) is 0 Å². The van der Waals surface area contributed by atoms with Crippen LogP contribution >= 0.6 is 0 Å². The molecule has 6 bridgehead atoms. The van der Waals surface area contributed by atoms with Crippen LogP contribution in [0.15, 0.2) is 12.1 Å². The predicted octanol–water partition coefficient (Wildman–Crippen LogP) is 5.28. The summed E-state index contributed by atoms with van der Waals surface area (Å²) in [7, 11) is 0. The van der Waals surface area contributed by atoms with E-state index in [1.807, 2.05) is 12.1 Å². The fourth-order valence-electron chi connectivity index (χ4n) is 8.77. The summed E-state index contributed by atoms with van der Waals surface area (Å²) in [6.07, 6.45) is 9.19. The Morgan fingerprint density at radius 2 is 1.43 bits per heavy atom. The van der Waals surface area contributed by atoms with Crippen molar-refractivity contribution in [3.8, 4) is 11.5 Å². The molecule has 3 heteroatoms. The van der Waals surface area contributed by atoms with Gasteiger partial charge in [-0.3, -0.25) is 4.79 Å². The zero-order chi connectivity index (χ0) is 19.4. The number of phenolic OH excluding ortho intramolecular Hbond substituents is 2. The molecule has 150 valence electrons. The summed E-state index contributed by atoms with van der Waals surface area (Å²) in [6, 6.07) is 3.93. The van der Waals surface area contributed by atoms with Gasteiger partial charge in [0.05, 0.1) is 0 Å². The lowest BCUT2D eigenvalue weighted by Crippen LogP contribution is -2.56. The smallest absolute Gasteiger partial charge is 0.137 e. The highest BCUT2D eigenvalue weighted by atomic mass is 16.3. The largest absolute Gasteiger partial charge is 0.508 e. The SMILES string of the molecule is CC1(C)C2CC1[C@H](c1c(O)cc(C34CC5CC(CC(C5)C3)C4)cc1O)CC2=O. The van der Waals surface area contributed by atoms with E-state index < -0.39 is 0 Å². The molecule has 28 heavy (non-hydrogen) atoms. The highest BCUT2D eigenvalue weighted by Crippen LogP contribution is 2.65. The summed E-state index contributed by atoms with van der Waals surface area (Å²) in [4.78, 5) is 12.6. The minimum atomic E-state index is -0.0436. The Morgan fingerprint density at radius 1 is 0.893 bits per heavy atom. The maximum atomic E-state index is 12.6. The van der Waals surface area contributed by atoms with Crippen molar-refractivity contribution in [3.05, 3.63) is 23.3 Å². The first-order valence-electron chi connectivity index (χ1n) is 11.4. The topological polar surface area (TPSA) is 57.5 Å². The predicted molar refractivity (Wildman–Crippen MR) is 107 cm³/mol. The van der Waals surface area contributed by atoms with Gasteiger partial charge >= 0.3 is 0 Å². The van der Waals surface area contributed by atoms with Crippen molar-refractivity contribution in [2.45, 2.75) is 76.5 Å². The number of carbonyl (C=O) groups is 1. The lowest BCUT2D eigenvalue weighted by atomic mass is 9.44. The first kappa shape index (κ1) is 17.4. The van der Waals surface area contributed by atoms with Crippen LogP contribution in [-0.4, -0.2) is 16.0 Å². The van der Waals surface area contributed by atoms with E-state index in [2.05, 4.69) is 13.8 Å². The molecular formula is C25H32O3. The maximum absolute atomic E-state index is 12.6. The lowest BCUT2D eigenvalue weighted by molar-refractivity contribution is -0.151. The van der Waals surface area contributed by atoms with E-state index in [0.29, 0.717) is 23.7 Å². The van der Waals surface area contributed by atoms with Gasteiger partial charge < -0.3 is 10.2 Å². The summed E-state index contributed by atoms with van der Waals surface area (Å²) in [5.41, 5.74) is 1.93. The van der Waals surface area contributed by atoms with E-state index in [1.54, 1.807) is 0 Å². The van der Waals surface area contributed by atoms with Crippen molar-refractivity contribution >= 4 is 5.78 Å². The normalized spacial score (nSPS) is 45.1. The summed E-state index contributed by atoms with van der Waals surface area (Å²) in [5, 5.41) is 22.1. The highest BCUT2D eigenvalue weighted by molar-refractivity contribution is 5.86. The molecule has 7 aliphatic rings. The maximum Gasteiger partial charge on any atom is 0.137 e. The Labute approximate surface area is 167 Å². The number of Topliss-reactive ketones (excluding diaryl/α,β-unsaturated/α-hetero) is 1. The van der Waals surface area contributed by atoms with Gasteiger partial charge in [0.2, 0.25) is 0 Å². The molecule has 1 aromatic carbocycles. The third-order valence-electron chi connectivity index (χ3n) is 9.80. The number of fused-ring (bicyclic) bond motifs is 2. The average Bonchev–Trinajstić information content (AvgIpc) is 2.59. The van der Waals surface area contributed by atoms with Gasteiger partial charge in [-0.05, 0) is 97.1 Å². The standard InChI is InChI=1S/C25H32O3/c1-24(2)18-9-19(24)20(26)8-17(18)23-21(27)6-16(7-22(23)28)25-10-13-3-14(11-25)5-15(4-13)12-25/h6-7,13-15,17-19,27-28H,3-5,8-12H2,1-2H3/t13?,14?,15?,17-,18?,19?,25?/m1/s1. The Morgan fingerprint density at radius 3 is 1.89 bits per heavy atom. The third-order valence-corrected chi connectivity index (χ3v) is 9.80. The second-order valence-electron chi connectivity index (χ2n) is 11.6. The molecule has 0 aromatic heterocycles. The van der Waals surface area contributed by atoms with Crippen molar-refractivity contribution in [2.24, 2.45) is 35.0 Å². The summed E-state index contributed by atoms with van der Waals surface area (Å²) in [5.74, 6) is 3.76. The molecule has 0 spiro atoms. The highest BCUT2D eigenvalue weighted by Gasteiger charge is 2.59. The van der Waals surface area contributed by atoms with Crippen molar-refractivity contribution < 1.29 is 15.0 Å². The third kappa shape index (κ3) is 2.14. The molecule has 0 saturated heterocycles. The number of hydrogen-bond donors (Lipinski definition) is 2. The monoisotopic (exact) mass is 380 g/mol. The molecule has 7 aliphatic carbocycles. The second-order valence-corrected chi connectivity index (χ2v) is 11.6. The van der Waals surface area contributed by atoms with Crippen LogP contribution in [0.25, 0.3) is 0 Å². The van der Waals surface area contributed by atoms with Gasteiger partial charge in [-0.1, -0.05) is 13.8 Å². The zero-order valence-electron chi connectivity index (χ0n) is 17.1. The van der Waals surface area contributed by atoms with Gasteiger partial charge in [0.25, 0.3) is 0 Å². The first-order valence-corrected chi connectivity index (χ1v) is 11.4. The van der Waals surface area contributed by atoms with Gasteiger partial charge in [0.1, 0.15) is 17.3 Å². The molecule has 8 rings (SSSR count). The van der Waals surface area contributed by atoms with E-state index in [4.69, 9.17) is 0 Å². The van der Waals surface area contributed by atoms with Crippen LogP contribution < -0.4 is 0 Å². The minimum Gasteiger partial charge on any atom is -0.508 e. The fourth-order valence-corrected chi connectivity index (χ4v) is 8.77. The van der Waals surface area contributed by atoms with Crippen molar-refractivity contribution in [3.63, 3.8) is 0 Å². The molecule has 0 heterocycles. The number of rotatable bonds is 2. The lowest BCUT2D eigenvalue weighted by Gasteiger charge is -2.59. The molecule has 1 aromatic rings. The molecule has 2 unspecified atom stereocenters. The molecule has 0 aliphatic heterocycles. The van der Waals surface area contributed by atoms with Crippen LogP contribution in [0.3, 0.4) is 0 Å². The van der Waals surface area contributed by atoms with Crippen LogP contribution in [-0.2, 0) is 10.2 Å². The van der Waals surface area contributed by atoms with E-state index in [1.165, 1.54) is 38.5 Å². The van der Waals surface area contributed by atoms with E-state index in [-0.39, 0.29) is 34.2 Å². The van der Waals surface area contributed by atoms with Gasteiger partial charge in [0.15, 0.2) is 0 Å². The van der Waals surface area contributed by atoms with Crippen LogP contribution in [0.1, 0.15) is 82.3 Å². The van der Waals surface area contributed by atoms with E-state index >= 15 is 0 Å². The quantitative estimate of drug-likeness (QED) is 0.733. The number of benzene rings is 1. The van der Waals surface area contributed by atoms with Crippen molar-refractivity contribution in [1.82, 2.24) is 0 Å². The Balaban J connectivity index is 1.38. The Hall–Kier alpha value is -1.51. The van der Waals surface area contributed by atoms with Gasteiger partial charge in [-0.2, -0.15) is 0 Å². The van der Waals surface area contributed by atoms with Gasteiger partial charge in [0, 0.05) is 23.8 Å². The molecule has 0 amide bonds. The fraction of sp³-hybridized carbons (Fsp3) is 0.720. The van der Waals surface area contributed by atoms with Crippen LogP contribution in [0.5, 0.6) is 11.5 Å². The zero-order valence-corrected chi connectivity index (χ0v) is 17.1. The van der Waals surface area contributed by atoms with E-state index in [0.717, 1.165) is 29.7 Å². The molecule has 7 fully saturated rings. The molecular weight excluding hydrogens is 348 g/mol. The Bertz CT molecular complexity index is 808. The van der Waals surface area contributed by atoms with Crippen molar-refractivity contribution in [2.75, 3.05) is 0 Å². The second kappa shape index (κ2) is 5.34. The number of hydrogen-bond acceptors (Lipinski definition) is 3. The number of aromatic hydroxyl groups is 2. The van der Waals surface area contributed by atoms with Gasteiger partial charge in [-0.25, -0.2) is 0 Å². The van der Waals surface area contributed by atoms with Crippen molar-refractivity contribution in [1.29, 1.82) is 0 Å². The van der Waals surface area contributed by atoms with E-state index in [9.17, 15) is 15.0 Å². The van der Waals surface area contributed by atoms with Crippen LogP contribution in [0, 0.1) is 35.0 Å². The molecule has 2 N–H and O–H groups in total. The molecule has 7 saturated carbocycles. The number of carbonyl (C=O) groups excluding carboxylic acids is 1. The Kier molecular flexibility index (Phi) is 3.31. The van der Waals surface area contributed by atoms with Crippen LogP contribution in [0.2, 0.25) is 0 Å². The number of ketones is 1. The summed E-state index contributed by atoms with van der Waals surface area (Å²) in [6.45, 7) is 4.35. The number of phenols is 2. The first-order chi connectivity index (χ1) is 13.3. The molecule has 3 atom stereocenters. The minimum absolute atomic E-state index is 0.0164. The molecule has 0 radical (unpaired) electrons. The van der Waals surface area contributed by atoms with Gasteiger partial charge in [-0.15, -0.1) is 0 Å². The molecule has 3 nitrogen and oxygen atoms in total.